The third-order valence-electron chi connectivity index (χ3n) is 3.68. The average molecular weight is 241 g/mol. The molecule has 0 N–H and O–H groups in total. The van der Waals surface area contributed by atoms with E-state index in [1.54, 1.807) is 7.11 Å². The number of hydrogen-bond donors (Lipinski definition) is 0. The quantitative estimate of drug-likeness (QED) is 0.745. The number of likely N-dealkylation sites (tertiary alicyclic amines) is 1. The molecule has 0 spiro atoms. The number of ether oxygens (including phenoxy) is 2. The fourth-order valence-corrected chi connectivity index (χ4v) is 3.08. The molecule has 2 bridgehead atoms. The van der Waals surface area contributed by atoms with Crippen LogP contribution in [0.2, 0.25) is 0 Å². The molecule has 2 aliphatic rings. The SMILES string of the molecule is COCC1C2CCC(C2)N1C(=O)OC(C)(C)C. The van der Waals surface area contributed by atoms with E-state index in [1.165, 1.54) is 6.42 Å². The average Bonchev–Trinajstić information content (AvgIpc) is 2.75. The Morgan fingerprint density at radius 1 is 1.35 bits per heavy atom. The third kappa shape index (κ3) is 2.57. The molecule has 0 radical (unpaired) electrons. The Morgan fingerprint density at radius 3 is 2.65 bits per heavy atom. The maximum Gasteiger partial charge on any atom is 0.410 e. The van der Waals surface area contributed by atoms with Crippen LogP contribution in [0.15, 0.2) is 0 Å². The van der Waals surface area contributed by atoms with Gasteiger partial charge in [0.1, 0.15) is 5.60 Å². The van der Waals surface area contributed by atoms with Gasteiger partial charge >= 0.3 is 6.09 Å². The Kier molecular flexibility index (Phi) is 3.34. The normalized spacial score (nSPS) is 32.0. The zero-order chi connectivity index (χ0) is 12.6. The van der Waals surface area contributed by atoms with Crippen molar-refractivity contribution in [3.8, 4) is 0 Å². The van der Waals surface area contributed by atoms with Crippen molar-refractivity contribution >= 4 is 6.09 Å². The lowest BCUT2D eigenvalue weighted by atomic mass is 10.00. The number of rotatable bonds is 2. The van der Waals surface area contributed by atoms with Gasteiger partial charge in [0.25, 0.3) is 0 Å². The van der Waals surface area contributed by atoms with Crippen LogP contribution in [0.5, 0.6) is 0 Å². The van der Waals surface area contributed by atoms with Gasteiger partial charge in [0.05, 0.1) is 12.6 Å². The summed E-state index contributed by atoms with van der Waals surface area (Å²) in [7, 11) is 1.69. The summed E-state index contributed by atoms with van der Waals surface area (Å²) in [6.45, 7) is 6.35. The minimum Gasteiger partial charge on any atom is -0.444 e. The number of carbonyl (C=O) groups excluding carboxylic acids is 1. The first-order valence-electron chi connectivity index (χ1n) is 6.42. The largest absolute Gasteiger partial charge is 0.444 e. The van der Waals surface area contributed by atoms with E-state index >= 15 is 0 Å². The first-order valence-corrected chi connectivity index (χ1v) is 6.42. The van der Waals surface area contributed by atoms with Crippen molar-refractivity contribution in [3.63, 3.8) is 0 Å². The Bertz CT molecular complexity index is 298. The van der Waals surface area contributed by atoms with Gasteiger partial charge in [-0.2, -0.15) is 0 Å². The number of piperidine rings is 1. The van der Waals surface area contributed by atoms with E-state index in [9.17, 15) is 4.79 Å². The number of carbonyl (C=O) groups is 1. The van der Waals surface area contributed by atoms with Crippen LogP contribution in [0.25, 0.3) is 0 Å². The second kappa shape index (κ2) is 4.48. The number of amides is 1. The molecule has 3 unspecified atom stereocenters. The molecule has 1 heterocycles. The number of hydrogen-bond acceptors (Lipinski definition) is 3. The summed E-state index contributed by atoms with van der Waals surface area (Å²) < 4.78 is 10.7. The predicted molar refractivity (Wildman–Crippen MR) is 64.9 cm³/mol. The highest BCUT2D eigenvalue weighted by Crippen LogP contribution is 2.43. The van der Waals surface area contributed by atoms with Crippen LogP contribution in [-0.2, 0) is 9.47 Å². The topological polar surface area (TPSA) is 38.8 Å². The standard InChI is InChI=1S/C13H23NO3/c1-13(2,3)17-12(15)14-10-6-5-9(7-10)11(14)8-16-4/h9-11H,5-8H2,1-4H3. The highest BCUT2D eigenvalue weighted by molar-refractivity contribution is 5.69. The van der Waals surface area contributed by atoms with E-state index in [1.807, 2.05) is 25.7 Å². The minimum atomic E-state index is -0.420. The first kappa shape index (κ1) is 12.7. The molecule has 17 heavy (non-hydrogen) atoms. The summed E-state index contributed by atoms with van der Waals surface area (Å²) in [5.41, 5.74) is -0.420. The van der Waals surface area contributed by atoms with Crippen LogP contribution in [0.1, 0.15) is 40.0 Å². The van der Waals surface area contributed by atoms with E-state index in [0.717, 1.165) is 12.8 Å². The van der Waals surface area contributed by atoms with Crippen LogP contribution in [0.3, 0.4) is 0 Å². The van der Waals surface area contributed by atoms with Gasteiger partial charge < -0.3 is 9.47 Å². The van der Waals surface area contributed by atoms with Gasteiger partial charge in [-0.1, -0.05) is 0 Å². The van der Waals surface area contributed by atoms with Gasteiger partial charge in [0.15, 0.2) is 0 Å². The molecule has 1 saturated heterocycles. The third-order valence-corrected chi connectivity index (χ3v) is 3.68. The van der Waals surface area contributed by atoms with Crippen LogP contribution >= 0.6 is 0 Å². The Balaban J connectivity index is 2.05. The monoisotopic (exact) mass is 241 g/mol. The van der Waals surface area contributed by atoms with E-state index in [0.29, 0.717) is 18.6 Å². The van der Waals surface area contributed by atoms with Crippen molar-refractivity contribution in [1.29, 1.82) is 0 Å². The summed E-state index contributed by atoms with van der Waals surface area (Å²) >= 11 is 0. The Hall–Kier alpha value is -0.770. The molecule has 2 fully saturated rings. The molecule has 1 saturated carbocycles. The molecule has 1 aliphatic heterocycles. The molecule has 0 aromatic rings. The number of fused-ring (bicyclic) bond motifs is 2. The Morgan fingerprint density at radius 2 is 2.06 bits per heavy atom. The Labute approximate surface area is 103 Å². The summed E-state index contributed by atoms with van der Waals surface area (Å²) in [5, 5.41) is 0. The summed E-state index contributed by atoms with van der Waals surface area (Å²) in [5.74, 6) is 0.604. The zero-order valence-corrected chi connectivity index (χ0v) is 11.2. The van der Waals surface area contributed by atoms with E-state index < -0.39 is 5.60 Å². The van der Waals surface area contributed by atoms with Gasteiger partial charge in [0.2, 0.25) is 0 Å². The van der Waals surface area contributed by atoms with Crippen LogP contribution in [0.4, 0.5) is 4.79 Å². The van der Waals surface area contributed by atoms with Crippen molar-refractivity contribution in [1.82, 2.24) is 4.90 Å². The van der Waals surface area contributed by atoms with Crippen LogP contribution < -0.4 is 0 Å². The molecule has 1 aliphatic carbocycles. The number of methoxy groups -OCH3 is 1. The zero-order valence-electron chi connectivity index (χ0n) is 11.2. The second-order valence-corrected chi connectivity index (χ2v) is 6.14. The van der Waals surface area contributed by atoms with Crippen molar-refractivity contribution in [2.45, 2.75) is 57.7 Å². The fourth-order valence-electron chi connectivity index (χ4n) is 3.08. The van der Waals surface area contributed by atoms with E-state index in [-0.39, 0.29) is 12.1 Å². The summed E-state index contributed by atoms with van der Waals surface area (Å²) in [6.07, 6.45) is 3.28. The minimum absolute atomic E-state index is 0.174. The van der Waals surface area contributed by atoms with Gasteiger partial charge in [-0.3, -0.25) is 4.90 Å². The van der Waals surface area contributed by atoms with Crippen molar-refractivity contribution in [3.05, 3.63) is 0 Å². The summed E-state index contributed by atoms with van der Waals surface area (Å²) in [6, 6.07) is 0.587. The molecule has 4 heteroatoms. The molecule has 2 rings (SSSR count). The lowest BCUT2D eigenvalue weighted by Gasteiger charge is -2.36. The molecule has 1 amide bonds. The molecule has 3 atom stereocenters. The second-order valence-electron chi connectivity index (χ2n) is 6.14. The van der Waals surface area contributed by atoms with Crippen molar-refractivity contribution in [2.24, 2.45) is 5.92 Å². The molecule has 0 aromatic heterocycles. The van der Waals surface area contributed by atoms with Gasteiger partial charge in [-0.25, -0.2) is 4.79 Å². The highest BCUT2D eigenvalue weighted by Gasteiger charge is 2.49. The smallest absolute Gasteiger partial charge is 0.410 e. The maximum atomic E-state index is 12.2. The van der Waals surface area contributed by atoms with E-state index in [2.05, 4.69) is 0 Å². The van der Waals surface area contributed by atoms with E-state index in [4.69, 9.17) is 9.47 Å². The fraction of sp³-hybridized carbons (Fsp3) is 0.923. The van der Waals surface area contributed by atoms with Crippen molar-refractivity contribution < 1.29 is 14.3 Å². The van der Waals surface area contributed by atoms with Crippen LogP contribution in [0, 0.1) is 5.92 Å². The lowest BCUT2D eigenvalue weighted by Crippen LogP contribution is -2.49. The first-order chi connectivity index (χ1) is 7.92. The molecular weight excluding hydrogens is 218 g/mol. The molecular formula is C13H23NO3. The predicted octanol–water partition coefficient (Wildman–Crippen LogP) is 2.42. The molecule has 98 valence electrons. The molecule has 0 aromatic carbocycles. The van der Waals surface area contributed by atoms with Crippen molar-refractivity contribution in [2.75, 3.05) is 13.7 Å². The van der Waals surface area contributed by atoms with Gasteiger partial charge in [-0.15, -0.1) is 0 Å². The van der Waals surface area contributed by atoms with Gasteiger partial charge in [-0.05, 0) is 46.0 Å². The molecule has 4 nitrogen and oxygen atoms in total. The highest BCUT2D eigenvalue weighted by atomic mass is 16.6. The maximum absolute atomic E-state index is 12.2. The summed E-state index contributed by atoms with van der Waals surface area (Å²) in [4.78, 5) is 14.1. The number of nitrogens with zero attached hydrogens (tertiary/aromatic N) is 1. The van der Waals surface area contributed by atoms with Crippen LogP contribution in [-0.4, -0.2) is 42.4 Å². The van der Waals surface area contributed by atoms with Gasteiger partial charge in [0, 0.05) is 13.2 Å². The lowest BCUT2D eigenvalue weighted by molar-refractivity contribution is -0.00449.